The van der Waals surface area contributed by atoms with Crippen molar-refractivity contribution in [3.63, 3.8) is 0 Å². The van der Waals surface area contributed by atoms with Crippen LogP contribution >= 0.6 is 0 Å². The minimum Gasteiger partial charge on any atom is -0.493 e. The Hall–Kier alpha value is -4.15. The minimum absolute atomic E-state index is 0.0433. The Balaban J connectivity index is 1.45. The van der Waals surface area contributed by atoms with Crippen LogP contribution in [0.2, 0.25) is 0 Å². The topological polar surface area (TPSA) is 102 Å². The summed E-state index contributed by atoms with van der Waals surface area (Å²) in [7, 11) is -2.59. The predicted molar refractivity (Wildman–Crippen MR) is 153 cm³/mol. The van der Waals surface area contributed by atoms with Gasteiger partial charge in [-0.05, 0) is 55.8 Å². The summed E-state index contributed by atoms with van der Waals surface area (Å²) in [4.78, 5) is 16.9. The second-order valence-corrected chi connectivity index (χ2v) is 11.0. The van der Waals surface area contributed by atoms with E-state index in [1.54, 1.807) is 61.5 Å². The molecule has 4 aromatic rings. The molecule has 1 heterocycles. The van der Waals surface area contributed by atoms with Gasteiger partial charge in [-0.25, -0.2) is 4.98 Å². The number of carbonyl (C=O) groups excluding carboxylic acids is 1. The van der Waals surface area contributed by atoms with Gasteiger partial charge in [0.15, 0.2) is 0 Å². The van der Waals surface area contributed by atoms with Gasteiger partial charge >= 0.3 is 16.2 Å². The third-order valence-corrected chi connectivity index (χ3v) is 8.00. The number of para-hydroxylation sites is 1. The van der Waals surface area contributed by atoms with E-state index >= 15 is 0 Å². The minimum atomic E-state index is -4.05. The fourth-order valence-corrected chi connectivity index (χ4v) is 5.40. The summed E-state index contributed by atoms with van der Waals surface area (Å²) in [6.07, 6.45) is 0.539. The van der Waals surface area contributed by atoms with E-state index in [0.717, 1.165) is 25.6 Å². The molecule has 3 aromatic carbocycles. The SMILES string of the molecule is CCOC(=O)CN(Cc1cccc(OCCc2nc(-c3ccccc3)oc2C)c1)S(=O)(=O)N(C)c1ccccc1. The van der Waals surface area contributed by atoms with Gasteiger partial charge in [0, 0.05) is 25.6 Å². The van der Waals surface area contributed by atoms with E-state index in [1.165, 1.54) is 7.05 Å². The summed E-state index contributed by atoms with van der Waals surface area (Å²) in [6.45, 7) is 3.60. The number of hydrogen-bond donors (Lipinski definition) is 0. The number of rotatable bonds is 13. The zero-order valence-corrected chi connectivity index (χ0v) is 23.6. The Morgan fingerprint density at radius 3 is 2.38 bits per heavy atom. The summed E-state index contributed by atoms with van der Waals surface area (Å²) in [6, 6.07) is 25.5. The van der Waals surface area contributed by atoms with Crippen molar-refractivity contribution in [3.05, 3.63) is 102 Å². The Kier molecular flexibility index (Phi) is 9.57. The number of aryl methyl sites for hydroxylation is 1. The third kappa shape index (κ3) is 7.28. The summed E-state index contributed by atoms with van der Waals surface area (Å²) in [5.74, 6) is 1.25. The van der Waals surface area contributed by atoms with Crippen molar-refractivity contribution in [1.29, 1.82) is 0 Å². The lowest BCUT2D eigenvalue weighted by molar-refractivity contribution is -0.143. The Morgan fingerprint density at radius 2 is 1.68 bits per heavy atom. The molecule has 0 aliphatic rings. The van der Waals surface area contributed by atoms with E-state index in [0.29, 0.717) is 35.9 Å². The first-order chi connectivity index (χ1) is 19.3. The highest BCUT2D eigenvalue weighted by Gasteiger charge is 2.30. The Bertz CT molecular complexity index is 1510. The standard InChI is InChI=1S/C30H33N3O6S/c1-4-37-29(34)22-33(40(35,36)32(3)26-15-9-6-10-16-26)21-24-12-11-17-27(20-24)38-19-18-28-23(2)39-30(31-28)25-13-7-5-8-14-25/h5-17,20H,4,18-19,21-22H2,1-3H3. The van der Waals surface area contributed by atoms with Crippen molar-refractivity contribution >= 4 is 21.9 Å². The zero-order chi connectivity index (χ0) is 28.5. The van der Waals surface area contributed by atoms with Crippen LogP contribution in [0.25, 0.3) is 11.5 Å². The van der Waals surface area contributed by atoms with Gasteiger partial charge < -0.3 is 13.9 Å². The summed E-state index contributed by atoms with van der Waals surface area (Å²) < 4.78 is 46.1. The number of ether oxygens (including phenoxy) is 2. The van der Waals surface area contributed by atoms with Gasteiger partial charge in [0.05, 0.1) is 24.6 Å². The molecule has 0 saturated carbocycles. The van der Waals surface area contributed by atoms with E-state index < -0.39 is 22.7 Å². The molecule has 0 aliphatic carbocycles. The van der Waals surface area contributed by atoms with E-state index in [4.69, 9.17) is 13.9 Å². The van der Waals surface area contributed by atoms with Gasteiger partial charge in [0.25, 0.3) is 0 Å². The van der Waals surface area contributed by atoms with Crippen LogP contribution in [0.15, 0.2) is 89.3 Å². The van der Waals surface area contributed by atoms with Crippen LogP contribution in [-0.4, -0.2) is 50.5 Å². The Morgan fingerprint density at radius 1 is 0.975 bits per heavy atom. The van der Waals surface area contributed by atoms with Gasteiger partial charge in [0.2, 0.25) is 5.89 Å². The lowest BCUT2D eigenvalue weighted by Gasteiger charge is -2.28. The molecule has 210 valence electrons. The monoisotopic (exact) mass is 563 g/mol. The number of nitrogens with zero attached hydrogens (tertiary/aromatic N) is 3. The van der Waals surface area contributed by atoms with E-state index in [1.807, 2.05) is 37.3 Å². The smallest absolute Gasteiger partial charge is 0.321 e. The van der Waals surface area contributed by atoms with Crippen LogP contribution in [0.1, 0.15) is 23.9 Å². The second-order valence-electron chi connectivity index (χ2n) is 9.02. The summed E-state index contributed by atoms with van der Waals surface area (Å²) in [5.41, 5.74) is 2.86. The number of esters is 1. The summed E-state index contributed by atoms with van der Waals surface area (Å²) in [5, 5.41) is 0. The highest BCUT2D eigenvalue weighted by Crippen LogP contribution is 2.24. The fraction of sp³-hybridized carbons (Fsp3) is 0.267. The predicted octanol–water partition coefficient (Wildman–Crippen LogP) is 5.02. The molecule has 4 rings (SSSR count). The molecule has 0 aliphatic heterocycles. The maximum Gasteiger partial charge on any atom is 0.321 e. The maximum absolute atomic E-state index is 13.5. The molecule has 40 heavy (non-hydrogen) atoms. The van der Waals surface area contributed by atoms with E-state index in [9.17, 15) is 13.2 Å². The first kappa shape index (κ1) is 28.8. The molecular weight excluding hydrogens is 530 g/mol. The van der Waals surface area contributed by atoms with Gasteiger partial charge in [0.1, 0.15) is 18.1 Å². The van der Waals surface area contributed by atoms with Gasteiger partial charge in [-0.15, -0.1) is 0 Å². The molecular formula is C30H33N3O6S. The van der Waals surface area contributed by atoms with Crippen molar-refractivity contribution in [2.45, 2.75) is 26.8 Å². The quantitative estimate of drug-likeness (QED) is 0.211. The van der Waals surface area contributed by atoms with Gasteiger partial charge in [-0.3, -0.25) is 9.10 Å². The van der Waals surface area contributed by atoms with Crippen LogP contribution in [0.4, 0.5) is 5.69 Å². The molecule has 0 saturated heterocycles. The van der Waals surface area contributed by atoms with Gasteiger partial charge in [-0.1, -0.05) is 48.5 Å². The third-order valence-electron chi connectivity index (χ3n) is 6.18. The normalized spacial score (nSPS) is 11.4. The number of oxazole rings is 1. The number of hydrogen-bond acceptors (Lipinski definition) is 7. The highest BCUT2D eigenvalue weighted by molar-refractivity contribution is 7.90. The molecule has 0 radical (unpaired) electrons. The first-order valence-electron chi connectivity index (χ1n) is 13.0. The lowest BCUT2D eigenvalue weighted by Crippen LogP contribution is -2.44. The van der Waals surface area contributed by atoms with Crippen molar-refractivity contribution in [3.8, 4) is 17.2 Å². The average Bonchev–Trinajstić information content (AvgIpc) is 3.33. The molecule has 1 aromatic heterocycles. The van der Waals surface area contributed by atoms with Crippen LogP contribution in [0.5, 0.6) is 5.75 Å². The number of carbonyl (C=O) groups is 1. The summed E-state index contributed by atoms with van der Waals surface area (Å²) >= 11 is 0. The van der Waals surface area contributed by atoms with Crippen molar-refractivity contribution < 1.29 is 27.1 Å². The lowest BCUT2D eigenvalue weighted by atomic mass is 10.2. The zero-order valence-electron chi connectivity index (χ0n) is 22.8. The molecule has 9 nitrogen and oxygen atoms in total. The van der Waals surface area contributed by atoms with Crippen LogP contribution in [0.3, 0.4) is 0 Å². The molecule has 0 atom stereocenters. The molecule has 0 N–H and O–H groups in total. The van der Waals surface area contributed by atoms with Crippen LogP contribution in [0, 0.1) is 6.92 Å². The van der Waals surface area contributed by atoms with E-state index in [2.05, 4.69) is 4.98 Å². The second kappa shape index (κ2) is 13.3. The molecule has 0 spiro atoms. The van der Waals surface area contributed by atoms with Crippen molar-refractivity contribution in [2.24, 2.45) is 0 Å². The number of anilines is 1. The largest absolute Gasteiger partial charge is 0.493 e. The maximum atomic E-state index is 13.5. The van der Waals surface area contributed by atoms with Crippen LogP contribution < -0.4 is 9.04 Å². The van der Waals surface area contributed by atoms with E-state index in [-0.39, 0.29) is 13.2 Å². The molecule has 0 bridgehead atoms. The van der Waals surface area contributed by atoms with Crippen molar-refractivity contribution in [1.82, 2.24) is 9.29 Å². The Labute approximate surface area is 235 Å². The highest BCUT2D eigenvalue weighted by atomic mass is 32.2. The number of aromatic nitrogens is 1. The average molecular weight is 564 g/mol. The molecule has 10 heteroatoms. The van der Waals surface area contributed by atoms with Crippen LogP contribution in [-0.2, 0) is 32.7 Å². The van der Waals surface area contributed by atoms with Crippen molar-refractivity contribution in [2.75, 3.05) is 31.1 Å². The first-order valence-corrected chi connectivity index (χ1v) is 14.4. The molecule has 0 unspecified atom stereocenters. The molecule has 0 fully saturated rings. The molecule has 0 amide bonds. The number of benzene rings is 3. The van der Waals surface area contributed by atoms with Gasteiger partial charge in [-0.2, -0.15) is 12.7 Å². The fourth-order valence-electron chi connectivity index (χ4n) is 4.08.